The summed E-state index contributed by atoms with van der Waals surface area (Å²) in [5.74, 6) is -1.23. The van der Waals surface area contributed by atoms with Crippen LogP contribution in [-0.4, -0.2) is 32.3 Å². The molecule has 11 heteroatoms. The van der Waals surface area contributed by atoms with Crippen LogP contribution in [0.5, 0.6) is 0 Å². The van der Waals surface area contributed by atoms with Crippen LogP contribution in [0.25, 0.3) is 4.96 Å². The van der Waals surface area contributed by atoms with Crippen LogP contribution in [0, 0.1) is 0 Å². The van der Waals surface area contributed by atoms with Crippen molar-refractivity contribution >= 4 is 33.5 Å². The van der Waals surface area contributed by atoms with Gasteiger partial charge in [-0.2, -0.15) is 22.8 Å². The normalized spacial score (nSPS) is 12.0. The lowest BCUT2D eigenvalue weighted by atomic mass is 10.2. The van der Waals surface area contributed by atoms with Gasteiger partial charge < -0.3 is 5.32 Å². The van der Waals surface area contributed by atoms with Crippen molar-refractivity contribution in [2.24, 2.45) is 0 Å². The summed E-state index contributed by atoms with van der Waals surface area (Å²) in [5, 5.41) is 15.6. The van der Waals surface area contributed by atoms with Gasteiger partial charge in [-0.15, -0.1) is 21.5 Å². The third-order valence-electron chi connectivity index (χ3n) is 3.13. The largest absolute Gasteiger partial charge is 0.453 e. The van der Waals surface area contributed by atoms with Crippen LogP contribution >= 0.6 is 22.7 Å². The molecule has 1 amide bonds. The molecule has 3 heterocycles. The van der Waals surface area contributed by atoms with Crippen molar-refractivity contribution in [2.45, 2.75) is 25.4 Å². The van der Waals surface area contributed by atoms with Gasteiger partial charge in [-0.05, 0) is 17.9 Å². The highest BCUT2D eigenvalue weighted by molar-refractivity contribution is 7.16. The smallest absolute Gasteiger partial charge is 0.356 e. The van der Waals surface area contributed by atoms with Gasteiger partial charge in [-0.3, -0.25) is 4.79 Å². The highest BCUT2D eigenvalue weighted by Gasteiger charge is 2.38. The number of nitrogens with zero attached hydrogens (tertiary/aromatic N) is 4. The molecule has 0 bridgehead atoms. The number of thiophene rings is 1. The van der Waals surface area contributed by atoms with Crippen LogP contribution in [-0.2, 0) is 23.8 Å². The first-order valence-corrected chi connectivity index (χ1v) is 8.70. The maximum Gasteiger partial charge on any atom is 0.453 e. The van der Waals surface area contributed by atoms with E-state index in [4.69, 9.17) is 0 Å². The number of aryl methyl sites for hydroxylation is 1. The van der Waals surface area contributed by atoms with Gasteiger partial charge in [0.2, 0.25) is 10.9 Å². The highest BCUT2D eigenvalue weighted by atomic mass is 32.1. The van der Waals surface area contributed by atoms with Crippen LogP contribution in [0.2, 0.25) is 0 Å². The SMILES string of the molecule is O=C(CCc1cccs1)NCCc1nn2c(C(F)(F)F)nnc2s1. The zero-order chi connectivity index (χ0) is 17.2. The molecule has 0 saturated heterocycles. The molecular formula is C13H12F3N5OS2. The predicted octanol–water partition coefficient (Wildman–Crippen LogP) is 2.56. The third-order valence-corrected chi connectivity index (χ3v) is 5.02. The van der Waals surface area contributed by atoms with E-state index in [-0.39, 0.29) is 10.9 Å². The first kappa shape index (κ1) is 16.8. The van der Waals surface area contributed by atoms with E-state index in [0.29, 0.717) is 35.3 Å². The Morgan fingerprint density at radius 3 is 2.83 bits per heavy atom. The first-order chi connectivity index (χ1) is 11.4. The number of aromatic nitrogens is 4. The van der Waals surface area contributed by atoms with Crippen LogP contribution in [0.3, 0.4) is 0 Å². The topological polar surface area (TPSA) is 72.2 Å². The number of carbonyl (C=O) groups excluding carboxylic acids is 1. The molecule has 0 aliphatic carbocycles. The van der Waals surface area contributed by atoms with Crippen molar-refractivity contribution in [1.82, 2.24) is 25.1 Å². The van der Waals surface area contributed by atoms with E-state index in [9.17, 15) is 18.0 Å². The number of hydrogen-bond acceptors (Lipinski definition) is 6. The minimum absolute atomic E-state index is 0.0846. The lowest BCUT2D eigenvalue weighted by molar-refractivity contribution is -0.146. The van der Waals surface area contributed by atoms with E-state index >= 15 is 0 Å². The minimum atomic E-state index is -4.60. The van der Waals surface area contributed by atoms with E-state index in [1.807, 2.05) is 17.5 Å². The Morgan fingerprint density at radius 2 is 2.12 bits per heavy atom. The lowest BCUT2D eigenvalue weighted by Crippen LogP contribution is -2.25. The molecule has 6 nitrogen and oxygen atoms in total. The van der Waals surface area contributed by atoms with E-state index in [2.05, 4.69) is 20.6 Å². The summed E-state index contributed by atoms with van der Waals surface area (Å²) < 4.78 is 38.8. The molecule has 0 spiro atoms. The number of fused-ring (bicyclic) bond motifs is 1. The van der Waals surface area contributed by atoms with Gasteiger partial charge in [0.05, 0.1) is 0 Å². The molecule has 0 fully saturated rings. The van der Waals surface area contributed by atoms with Crippen LogP contribution < -0.4 is 5.32 Å². The molecule has 0 aliphatic heterocycles. The van der Waals surface area contributed by atoms with Gasteiger partial charge in [-0.25, -0.2) is 0 Å². The number of rotatable bonds is 6. The maximum absolute atomic E-state index is 12.7. The molecule has 128 valence electrons. The number of carbonyl (C=O) groups is 1. The fraction of sp³-hybridized carbons (Fsp3) is 0.385. The Labute approximate surface area is 142 Å². The Hall–Kier alpha value is -2.01. The summed E-state index contributed by atoms with van der Waals surface area (Å²) in [7, 11) is 0. The molecule has 0 aliphatic rings. The molecule has 24 heavy (non-hydrogen) atoms. The average molecular weight is 375 g/mol. The number of nitrogens with one attached hydrogen (secondary N) is 1. The van der Waals surface area contributed by atoms with Crippen molar-refractivity contribution < 1.29 is 18.0 Å². The second-order valence-electron chi connectivity index (χ2n) is 4.89. The molecule has 1 N–H and O–H groups in total. The quantitative estimate of drug-likeness (QED) is 0.719. The van der Waals surface area contributed by atoms with Crippen LogP contribution in [0.15, 0.2) is 17.5 Å². The van der Waals surface area contributed by atoms with E-state index < -0.39 is 12.0 Å². The number of hydrogen-bond donors (Lipinski definition) is 1. The predicted molar refractivity (Wildman–Crippen MR) is 83.0 cm³/mol. The molecule has 3 aromatic heterocycles. The molecule has 0 radical (unpaired) electrons. The van der Waals surface area contributed by atoms with Gasteiger partial charge in [0.15, 0.2) is 0 Å². The molecule has 3 rings (SSSR count). The molecule has 0 aromatic carbocycles. The Morgan fingerprint density at radius 1 is 1.29 bits per heavy atom. The van der Waals surface area contributed by atoms with Gasteiger partial charge in [0.1, 0.15) is 5.01 Å². The number of alkyl halides is 3. The van der Waals surface area contributed by atoms with Gasteiger partial charge in [0, 0.05) is 24.3 Å². The summed E-state index contributed by atoms with van der Waals surface area (Å²) in [5.41, 5.74) is 0. The summed E-state index contributed by atoms with van der Waals surface area (Å²) in [6.45, 7) is 0.314. The third kappa shape index (κ3) is 3.90. The van der Waals surface area contributed by atoms with E-state index in [1.54, 1.807) is 11.3 Å². The fourth-order valence-electron chi connectivity index (χ4n) is 2.02. The van der Waals surface area contributed by atoms with Crippen molar-refractivity contribution in [3.8, 4) is 0 Å². The molecule has 3 aromatic rings. The van der Waals surface area contributed by atoms with Gasteiger partial charge in [0.25, 0.3) is 5.82 Å². The second kappa shape index (κ2) is 6.85. The zero-order valence-corrected chi connectivity index (χ0v) is 13.8. The molecule has 0 atom stereocenters. The lowest BCUT2D eigenvalue weighted by Gasteiger charge is -2.03. The number of amides is 1. The standard InChI is InChI=1S/C13H12F3N5OS2/c14-13(15,16)11-18-19-12-21(11)20-10(24-12)5-6-17-9(22)4-3-8-2-1-7-23-8/h1-2,7H,3-6H2,(H,17,22). The monoisotopic (exact) mass is 375 g/mol. The van der Waals surface area contributed by atoms with Crippen LogP contribution in [0.1, 0.15) is 22.1 Å². The van der Waals surface area contributed by atoms with Crippen molar-refractivity contribution in [3.63, 3.8) is 0 Å². The van der Waals surface area contributed by atoms with Crippen molar-refractivity contribution in [2.75, 3.05) is 6.54 Å². The summed E-state index contributed by atoms with van der Waals surface area (Å²) >= 11 is 2.62. The number of halogens is 3. The fourth-order valence-corrected chi connectivity index (χ4v) is 3.56. The summed E-state index contributed by atoms with van der Waals surface area (Å²) in [6.07, 6.45) is -3.20. The van der Waals surface area contributed by atoms with E-state index in [0.717, 1.165) is 16.2 Å². The van der Waals surface area contributed by atoms with Gasteiger partial charge in [-0.1, -0.05) is 17.4 Å². The molecule has 0 unspecified atom stereocenters. The van der Waals surface area contributed by atoms with Crippen molar-refractivity contribution in [3.05, 3.63) is 33.2 Å². The molecular weight excluding hydrogens is 363 g/mol. The van der Waals surface area contributed by atoms with Crippen molar-refractivity contribution in [1.29, 1.82) is 0 Å². The minimum Gasteiger partial charge on any atom is -0.356 e. The maximum atomic E-state index is 12.7. The molecule has 0 saturated carbocycles. The second-order valence-corrected chi connectivity index (χ2v) is 6.96. The van der Waals surface area contributed by atoms with E-state index in [1.165, 1.54) is 0 Å². The zero-order valence-electron chi connectivity index (χ0n) is 12.2. The Balaban J connectivity index is 1.50. The Bertz CT molecular complexity index is 825. The summed E-state index contributed by atoms with van der Waals surface area (Å²) in [4.78, 5) is 13.0. The average Bonchev–Trinajstić information content (AvgIpc) is 3.20. The Kier molecular flexibility index (Phi) is 4.81. The first-order valence-electron chi connectivity index (χ1n) is 7.01. The highest BCUT2D eigenvalue weighted by Crippen LogP contribution is 2.28. The summed E-state index contributed by atoms with van der Waals surface area (Å²) in [6, 6.07) is 3.90. The van der Waals surface area contributed by atoms with Crippen LogP contribution in [0.4, 0.5) is 13.2 Å². The van der Waals surface area contributed by atoms with Gasteiger partial charge >= 0.3 is 6.18 Å².